The molecule has 7 heteroatoms. The van der Waals surface area contributed by atoms with Crippen molar-refractivity contribution in [2.75, 3.05) is 19.5 Å². The first-order valence-corrected chi connectivity index (χ1v) is 9.87. The zero-order chi connectivity index (χ0) is 21.3. The molecule has 1 amide bonds. The molecule has 1 aliphatic rings. The van der Waals surface area contributed by atoms with Crippen LogP contribution in [-0.2, 0) is 4.79 Å². The van der Waals surface area contributed by atoms with Gasteiger partial charge in [-0.05, 0) is 32.0 Å². The summed E-state index contributed by atoms with van der Waals surface area (Å²) >= 11 is 0. The Kier molecular flexibility index (Phi) is 5.35. The predicted molar refractivity (Wildman–Crippen MR) is 114 cm³/mol. The maximum Gasteiger partial charge on any atom is 0.226 e. The fourth-order valence-corrected chi connectivity index (χ4v) is 3.76. The number of para-hydroxylation sites is 1. The number of nitrogens with zero attached hydrogens (tertiary/aromatic N) is 2. The molecule has 0 radical (unpaired) electrons. The average Bonchev–Trinajstić information content (AvgIpc) is 3.16. The fraction of sp³-hybridized carbons (Fsp3) is 0.304. The number of hydrogen-bond acceptors (Lipinski definition) is 5. The van der Waals surface area contributed by atoms with Crippen molar-refractivity contribution in [3.63, 3.8) is 0 Å². The van der Waals surface area contributed by atoms with Gasteiger partial charge in [0.05, 0.1) is 31.7 Å². The van der Waals surface area contributed by atoms with Crippen LogP contribution in [0.15, 0.2) is 48.8 Å². The highest BCUT2D eigenvalue weighted by atomic mass is 16.5. The largest absolute Gasteiger partial charge is 0.497 e. The van der Waals surface area contributed by atoms with Gasteiger partial charge in [-0.2, -0.15) is 0 Å². The number of anilines is 1. The molecular weight excluding hydrogens is 382 g/mol. The zero-order valence-corrected chi connectivity index (χ0v) is 17.5. The molecule has 1 aliphatic heterocycles. The van der Waals surface area contributed by atoms with E-state index in [1.165, 1.54) is 0 Å². The molecule has 2 heterocycles. The molecule has 156 valence electrons. The van der Waals surface area contributed by atoms with Crippen LogP contribution in [0.25, 0.3) is 5.69 Å². The first-order chi connectivity index (χ1) is 14.5. The second-order valence-electron chi connectivity index (χ2n) is 7.40. The normalized spacial score (nSPS) is 15.5. The number of nitrogens with one attached hydrogen (secondary N) is 1. The number of carbonyl (C=O) groups excluding carboxylic acids is 1. The lowest BCUT2D eigenvalue weighted by Crippen LogP contribution is -2.25. The van der Waals surface area contributed by atoms with Gasteiger partial charge in [-0.25, -0.2) is 4.98 Å². The third-order valence-electron chi connectivity index (χ3n) is 5.08. The number of fused-ring (bicyclic) bond motifs is 1. The Bertz CT molecular complexity index is 1070. The van der Waals surface area contributed by atoms with Crippen LogP contribution in [0.3, 0.4) is 0 Å². The van der Waals surface area contributed by atoms with Gasteiger partial charge in [0.2, 0.25) is 5.91 Å². The topological polar surface area (TPSA) is 74.6 Å². The Balaban J connectivity index is 1.83. The molecule has 0 saturated heterocycles. The number of ether oxygens (including phenoxy) is 3. The summed E-state index contributed by atoms with van der Waals surface area (Å²) in [4.78, 5) is 17.3. The number of rotatable bonds is 6. The van der Waals surface area contributed by atoms with E-state index in [9.17, 15) is 4.79 Å². The first kappa shape index (κ1) is 19.8. The minimum absolute atomic E-state index is 0.0293. The quantitative estimate of drug-likeness (QED) is 0.664. The van der Waals surface area contributed by atoms with E-state index in [0.29, 0.717) is 23.7 Å². The predicted octanol–water partition coefficient (Wildman–Crippen LogP) is 4.15. The van der Waals surface area contributed by atoms with Crippen molar-refractivity contribution < 1.29 is 19.0 Å². The Morgan fingerprint density at radius 1 is 1.10 bits per heavy atom. The molecule has 0 unspecified atom stereocenters. The number of amides is 1. The van der Waals surface area contributed by atoms with Crippen LogP contribution in [0.1, 0.15) is 37.4 Å². The van der Waals surface area contributed by atoms with Crippen LogP contribution < -0.4 is 19.5 Å². The van der Waals surface area contributed by atoms with Crippen molar-refractivity contribution in [3.05, 3.63) is 60.0 Å². The number of hydrogen-bond donors (Lipinski definition) is 1. The third-order valence-corrected chi connectivity index (χ3v) is 5.08. The lowest BCUT2D eigenvalue weighted by Gasteiger charge is -2.25. The SMILES string of the molecule is COc1ccc(OC)c(-n2cnc3c2NC(=O)C[C@@H]3c2ccccc2OC(C)C)c1. The summed E-state index contributed by atoms with van der Waals surface area (Å²) in [7, 11) is 3.22. The van der Waals surface area contributed by atoms with Crippen molar-refractivity contribution in [3.8, 4) is 22.9 Å². The van der Waals surface area contributed by atoms with Gasteiger partial charge in [0.25, 0.3) is 0 Å². The summed E-state index contributed by atoms with van der Waals surface area (Å²) in [6.45, 7) is 3.97. The molecule has 0 fully saturated rings. The van der Waals surface area contributed by atoms with E-state index < -0.39 is 0 Å². The van der Waals surface area contributed by atoms with Crippen molar-refractivity contribution in [1.82, 2.24) is 9.55 Å². The van der Waals surface area contributed by atoms with E-state index in [0.717, 1.165) is 22.7 Å². The van der Waals surface area contributed by atoms with Crippen LogP contribution in [-0.4, -0.2) is 35.8 Å². The van der Waals surface area contributed by atoms with E-state index in [4.69, 9.17) is 14.2 Å². The molecule has 1 N–H and O–H groups in total. The third kappa shape index (κ3) is 3.58. The summed E-state index contributed by atoms with van der Waals surface area (Å²) in [5, 5.41) is 2.98. The van der Waals surface area contributed by atoms with Crippen LogP contribution in [0.4, 0.5) is 5.82 Å². The number of carbonyl (C=O) groups is 1. The highest BCUT2D eigenvalue weighted by molar-refractivity contribution is 5.94. The van der Waals surface area contributed by atoms with Crippen molar-refractivity contribution >= 4 is 11.7 Å². The van der Waals surface area contributed by atoms with Gasteiger partial charge in [-0.15, -0.1) is 0 Å². The van der Waals surface area contributed by atoms with Crippen molar-refractivity contribution in [2.24, 2.45) is 0 Å². The standard InChI is InChI=1S/C23H25N3O4/c1-14(2)30-19-8-6-5-7-16(19)17-12-21(27)25-23-22(17)24-13-26(23)18-11-15(28-3)9-10-20(18)29-4/h5-11,13-14,17H,12H2,1-4H3,(H,25,27)/t17-/m1/s1. The number of benzene rings is 2. The molecule has 0 bridgehead atoms. The molecule has 0 spiro atoms. The number of methoxy groups -OCH3 is 2. The minimum atomic E-state index is -0.207. The lowest BCUT2D eigenvalue weighted by molar-refractivity contribution is -0.116. The van der Waals surface area contributed by atoms with E-state index in [-0.39, 0.29) is 17.9 Å². The summed E-state index contributed by atoms with van der Waals surface area (Å²) in [6, 6.07) is 13.3. The van der Waals surface area contributed by atoms with Crippen molar-refractivity contribution in [2.45, 2.75) is 32.3 Å². The number of imidazole rings is 1. The average molecular weight is 407 g/mol. The van der Waals surface area contributed by atoms with Gasteiger partial charge in [-0.3, -0.25) is 9.36 Å². The van der Waals surface area contributed by atoms with Crippen LogP contribution in [0.5, 0.6) is 17.2 Å². The number of aromatic nitrogens is 2. The van der Waals surface area contributed by atoms with Crippen molar-refractivity contribution in [1.29, 1.82) is 0 Å². The van der Waals surface area contributed by atoms with Crippen LogP contribution >= 0.6 is 0 Å². The molecule has 0 saturated carbocycles. The van der Waals surface area contributed by atoms with Gasteiger partial charge < -0.3 is 19.5 Å². The molecule has 0 aliphatic carbocycles. The Morgan fingerprint density at radius 2 is 1.90 bits per heavy atom. The van der Waals surface area contributed by atoms with Gasteiger partial charge in [0.15, 0.2) is 0 Å². The Hall–Kier alpha value is -3.48. The summed E-state index contributed by atoms with van der Waals surface area (Å²) in [6.07, 6.45) is 2.03. The maximum absolute atomic E-state index is 12.7. The summed E-state index contributed by atoms with van der Waals surface area (Å²) in [5.41, 5.74) is 2.47. The molecule has 4 rings (SSSR count). The molecule has 1 aromatic heterocycles. The van der Waals surface area contributed by atoms with E-state index in [2.05, 4.69) is 10.3 Å². The molecule has 3 aromatic rings. The highest BCUT2D eigenvalue weighted by Gasteiger charge is 2.33. The Morgan fingerprint density at radius 3 is 2.63 bits per heavy atom. The van der Waals surface area contributed by atoms with Gasteiger partial charge in [0.1, 0.15) is 29.4 Å². The second kappa shape index (κ2) is 8.10. The van der Waals surface area contributed by atoms with Gasteiger partial charge in [0, 0.05) is 24.0 Å². The van der Waals surface area contributed by atoms with E-state index in [1.54, 1.807) is 20.5 Å². The summed E-state index contributed by atoms with van der Waals surface area (Å²) < 4.78 is 18.7. The first-order valence-electron chi connectivity index (χ1n) is 9.87. The van der Waals surface area contributed by atoms with Gasteiger partial charge in [-0.1, -0.05) is 18.2 Å². The monoisotopic (exact) mass is 407 g/mol. The van der Waals surface area contributed by atoms with Crippen LogP contribution in [0, 0.1) is 0 Å². The van der Waals surface area contributed by atoms with E-state index >= 15 is 0 Å². The smallest absolute Gasteiger partial charge is 0.226 e. The van der Waals surface area contributed by atoms with E-state index in [1.807, 2.05) is 60.9 Å². The minimum Gasteiger partial charge on any atom is -0.497 e. The molecule has 1 atom stereocenters. The molecule has 2 aromatic carbocycles. The maximum atomic E-state index is 12.7. The van der Waals surface area contributed by atoms with Gasteiger partial charge >= 0.3 is 0 Å². The fourth-order valence-electron chi connectivity index (χ4n) is 3.76. The second-order valence-corrected chi connectivity index (χ2v) is 7.40. The zero-order valence-electron chi connectivity index (χ0n) is 17.5. The highest BCUT2D eigenvalue weighted by Crippen LogP contribution is 2.42. The van der Waals surface area contributed by atoms with Crippen LogP contribution in [0.2, 0.25) is 0 Å². The molecular formula is C23H25N3O4. The molecule has 30 heavy (non-hydrogen) atoms. The molecule has 7 nitrogen and oxygen atoms in total. The Labute approximate surface area is 175 Å². The lowest BCUT2D eigenvalue weighted by atomic mass is 9.89. The summed E-state index contributed by atoms with van der Waals surface area (Å²) in [5.74, 6) is 2.45.